The van der Waals surface area contributed by atoms with Crippen LogP contribution in [0.15, 0.2) is 24.3 Å². The number of benzene rings is 1. The summed E-state index contributed by atoms with van der Waals surface area (Å²) in [7, 11) is 0. The average Bonchev–Trinajstić information content (AvgIpc) is 2.66. The first-order valence-electron chi connectivity index (χ1n) is 6.51. The van der Waals surface area contributed by atoms with Gasteiger partial charge in [0.05, 0.1) is 23.0 Å². The third kappa shape index (κ3) is 2.99. The third-order valence-corrected chi connectivity index (χ3v) is 4.07. The molecule has 0 bridgehead atoms. The predicted octanol–water partition coefficient (Wildman–Crippen LogP) is 3.26. The van der Waals surface area contributed by atoms with Crippen molar-refractivity contribution in [1.29, 1.82) is 0 Å². The molecule has 0 spiro atoms. The Bertz CT molecular complexity index is 558. The van der Waals surface area contributed by atoms with E-state index in [2.05, 4.69) is 36.3 Å². The lowest BCUT2D eigenvalue weighted by Crippen LogP contribution is -2.09. The van der Waals surface area contributed by atoms with Crippen LogP contribution in [0.5, 0.6) is 0 Å². The van der Waals surface area contributed by atoms with Crippen LogP contribution in [-0.2, 0) is 6.54 Å². The van der Waals surface area contributed by atoms with Gasteiger partial charge in [-0.2, -0.15) is 5.10 Å². The van der Waals surface area contributed by atoms with Crippen molar-refractivity contribution in [3.63, 3.8) is 0 Å². The Kier molecular flexibility index (Phi) is 4.27. The van der Waals surface area contributed by atoms with E-state index in [9.17, 15) is 0 Å². The van der Waals surface area contributed by atoms with Gasteiger partial charge in [0, 0.05) is 0 Å². The minimum absolute atomic E-state index is 0.400. The van der Waals surface area contributed by atoms with Crippen LogP contribution in [0.2, 0.25) is 5.02 Å². The molecule has 0 saturated carbocycles. The molecule has 1 atom stereocenters. The van der Waals surface area contributed by atoms with E-state index in [0.717, 1.165) is 23.0 Å². The number of aryl methyl sites for hydroxylation is 1. The summed E-state index contributed by atoms with van der Waals surface area (Å²) >= 11 is 6.15. The first-order chi connectivity index (χ1) is 9.02. The number of halogens is 1. The van der Waals surface area contributed by atoms with Crippen molar-refractivity contribution >= 4 is 11.6 Å². The van der Waals surface area contributed by atoms with Gasteiger partial charge in [-0.15, -0.1) is 0 Å². The number of nitrogens with zero attached hydrogens (tertiary/aromatic N) is 2. The second-order valence-corrected chi connectivity index (χ2v) is 5.40. The fourth-order valence-corrected chi connectivity index (χ4v) is 2.22. The van der Waals surface area contributed by atoms with Crippen LogP contribution in [0.1, 0.15) is 35.4 Å². The molecular weight excluding hydrogens is 258 g/mol. The molecule has 1 unspecified atom stereocenters. The van der Waals surface area contributed by atoms with Crippen molar-refractivity contribution in [3.05, 3.63) is 51.8 Å². The van der Waals surface area contributed by atoms with Gasteiger partial charge in [0.1, 0.15) is 0 Å². The average molecular weight is 278 g/mol. The molecule has 2 aromatic rings. The smallest absolute Gasteiger partial charge is 0.0844 e. The maximum Gasteiger partial charge on any atom is 0.0844 e. The lowest BCUT2D eigenvalue weighted by Gasteiger charge is -2.10. The Balaban J connectivity index is 2.17. The molecule has 1 aromatic heterocycles. The molecular formula is C15H20ClN3. The largest absolute Gasteiger partial charge is 0.330 e. The lowest BCUT2D eigenvalue weighted by molar-refractivity contribution is 0.658. The minimum Gasteiger partial charge on any atom is -0.330 e. The molecule has 0 amide bonds. The molecule has 0 aliphatic carbocycles. The highest BCUT2D eigenvalue weighted by Gasteiger charge is 2.09. The highest BCUT2D eigenvalue weighted by Crippen LogP contribution is 2.20. The standard InChI is InChI=1S/C15H20ClN3/c1-10(8-17)14-6-4-13(5-7-14)9-19-12(3)15(16)11(2)18-19/h4-7,10H,8-9,17H2,1-3H3. The fraction of sp³-hybridized carbons (Fsp3) is 0.400. The molecule has 3 nitrogen and oxygen atoms in total. The van der Waals surface area contributed by atoms with E-state index in [-0.39, 0.29) is 0 Å². The van der Waals surface area contributed by atoms with Crippen LogP contribution < -0.4 is 5.73 Å². The second kappa shape index (κ2) is 5.76. The molecule has 1 heterocycles. The zero-order chi connectivity index (χ0) is 14.0. The Morgan fingerprint density at radius 1 is 1.26 bits per heavy atom. The van der Waals surface area contributed by atoms with Gasteiger partial charge in [0.2, 0.25) is 0 Å². The van der Waals surface area contributed by atoms with Crippen LogP contribution in [0.3, 0.4) is 0 Å². The highest BCUT2D eigenvalue weighted by molar-refractivity contribution is 6.31. The summed E-state index contributed by atoms with van der Waals surface area (Å²) in [4.78, 5) is 0. The van der Waals surface area contributed by atoms with E-state index < -0.39 is 0 Å². The number of rotatable bonds is 4. The minimum atomic E-state index is 0.400. The Morgan fingerprint density at radius 3 is 2.37 bits per heavy atom. The summed E-state index contributed by atoms with van der Waals surface area (Å²) in [6.07, 6.45) is 0. The van der Waals surface area contributed by atoms with Crippen LogP contribution in [0.25, 0.3) is 0 Å². The van der Waals surface area contributed by atoms with Gasteiger partial charge in [-0.3, -0.25) is 4.68 Å². The quantitative estimate of drug-likeness (QED) is 0.932. The molecule has 0 aliphatic rings. The molecule has 0 aliphatic heterocycles. The Hall–Kier alpha value is -1.32. The van der Waals surface area contributed by atoms with E-state index in [4.69, 9.17) is 17.3 Å². The van der Waals surface area contributed by atoms with E-state index in [1.54, 1.807) is 0 Å². The highest BCUT2D eigenvalue weighted by atomic mass is 35.5. The van der Waals surface area contributed by atoms with Crippen molar-refractivity contribution in [1.82, 2.24) is 9.78 Å². The Labute approximate surface area is 119 Å². The second-order valence-electron chi connectivity index (χ2n) is 5.02. The van der Waals surface area contributed by atoms with Gasteiger partial charge in [0.25, 0.3) is 0 Å². The van der Waals surface area contributed by atoms with Crippen molar-refractivity contribution in [2.75, 3.05) is 6.54 Å². The van der Waals surface area contributed by atoms with Gasteiger partial charge in [0.15, 0.2) is 0 Å². The van der Waals surface area contributed by atoms with E-state index in [1.165, 1.54) is 11.1 Å². The molecule has 1 aromatic carbocycles. The van der Waals surface area contributed by atoms with E-state index in [0.29, 0.717) is 12.5 Å². The first-order valence-corrected chi connectivity index (χ1v) is 6.89. The molecule has 0 saturated heterocycles. The van der Waals surface area contributed by atoms with Crippen molar-refractivity contribution in [2.24, 2.45) is 5.73 Å². The molecule has 102 valence electrons. The first kappa shape index (κ1) is 14.1. The zero-order valence-corrected chi connectivity index (χ0v) is 12.4. The molecule has 0 fully saturated rings. The maximum atomic E-state index is 6.15. The van der Waals surface area contributed by atoms with Crippen molar-refractivity contribution < 1.29 is 0 Å². The molecule has 2 N–H and O–H groups in total. The van der Waals surface area contributed by atoms with Crippen LogP contribution in [0, 0.1) is 13.8 Å². The SMILES string of the molecule is Cc1nn(Cc2ccc(C(C)CN)cc2)c(C)c1Cl. The number of hydrogen-bond donors (Lipinski definition) is 1. The van der Waals surface area contributed by atoms with Gasteiger partial charge >= 0.3 is 0 Å². The van der Waals surface area contributed by atoms with Crippen LogP contribution in [0.4, 0.5) is 0 Å². The van der Waals surface area contributed by atoms with Gasteiger partial charge in [-0.25, -0.2) is 0 Å². The molecule has 19 heavy (non-hydrogen) atoms. The summed E-state index contributed by atoms with van der Waals surface area (Å²) in [5.74, 6) is 0.400. The van der Waals surface area contributed by atoms with E-state index in [1.807, 2.05) is 18.5 Å². The summed E-state index contributed by atoms with van der Waals surface area (Å²) in [6.45, 7) is 7.48. The van der Waals surface area contributed by atoms with Gasteiger partial charge in [-0.05, 0) is 37.4 Å². The zero-order valence-electron chi connectivity index (χ0n) is 11.7. The lowest BCUT2D eigenvalue weighted by atomic mass is 10.0. The maximum absolute atomic E-state index is 6.15. The molecule has 4 heteroatoms. The summed E-state index contributed by atoms with van der Waals surface area (Å²) < 4.78 is 1.94. The summed E-state index contributed by atoms with van der Waals surface area (Å²) in [5, 5.41) is 5.20. The number of aromatic nitrogens is 2. The van der Waals surface area contributed by atoms with Crippen LogP contribution >= 0.6 is 11.6 Å². The van der Waals surface area contributed by atoms with Crippen molar-refractivity contribution in [2.45, 2.75) is 33.2 Å². The Morgan fingerprint density at radius 2 is 1.89 bits per heavy atom. The molecule has 0 radical (unpaired) electrons. The van der Waals surface area contributed by atoms with Gasteiger partial charge < -0.3 is 5.73 Å². The van der Waals surface area contributed by atoms with Crippen LogP contribution in [-0.4, -0.2) is 16.3 Å². The molecule has 2 rings (SSSR count). The summed E-state index contributed by atoms with van der Waals surface area (Å²) in [5.41, 5.74) is 10.1. The number of hydrogen-bond acceptors (Lipinski definition) is 2. The fourth-order valence-electron chi connectivity index (χ4n) is 2.09. The van der Waals surface area contributed by atoms with E-state index >= 15 is 0 Å². The van der Waals surface area contributed by atoms with Crippen molar-refractivity contribution in [3.8, 4) is 0 Å². The normalized spacial score (nSPS) is 12.7. The summed E-state index contributed by atoms with van der Waals surface area (Å²) in [6, 6.07) is 8.54. The third-order valence-electron chi connectivity index (χ3n) is 3.53. The number of nitrogens with two attached hydrogens (primary N) is 1. The topological polar surface area (TPSA) is 43.8 Å². The predicted molar refractivity (Wildman–Crippen MR) is 79.7 cm³/mol. The van der Waals surface area contributed by atoms with Gasteiger partial charge in [-0.1, -0.05) is 42.8 Å². The monoisotopic (exact) mass is 277 g/mol.